The van der Waals surface area contributed by atoms with Crippen LogP contribution in [0.25, 0.3) is 0 Å². The highest BCUT2D eigenvalue weighted by molar-refractivity contribution is 5.75. The molecule has 0 bridgehead atoms. The molecule has 2 heteroatoms. The highest BCUT2D eigenvalue weighted by Crippen LogP contribution is 2.42. The molecule has 2 nitrogen and oxygen atoms in total. The van der Waals surface area contributed by atoms with Crippen LogP contribution in [0.15, 0.2) is 12.2 Å². The Kier molecular flexibility index (Phi) is 1.80. The van der Waals surface area contributed by atoms with Gasteiger partial charge in [0.25, 0.3) is 0 Å². The lowest BCUT2D eigenvalue weighted by molar-refractivity contribution is -0.117. The lowest BCUT2D eigenvalue weighted by Crippen LogP contribution is -2.06. The summed E-state index contributed by atoms with van der Waals surface area (Å²) < 4.78 is 5.32. The molecule has 66 valence electrons. The molecule has 0 aromatic carbocycles. The van der Waals surface area contributed by atoms with E-state index in [0.717, 1.165) is 19.4 Å². The van der Waals surface area contributed by atoms with E-state index in [1.54, 1.807) is 6.92 Å². The quantitative estimate of drug-likeness (QED) is 0.471. The first-order valence-corrected chi connectivity index (χ1v) is 4.53. The Morgan fingerprint density at radius 2 is 2.50 bits per heavy atom. The maximum atomic E-state index is 10.7. The van der Waals surface area contributed by atoms with Crippen LogP contribution >= 0.6 is 0 Å². The zero-order valence-electron chi connectivity index (χ0n) is 7.38. The van der Waals surface area contributed by atoms with Gasteiger partial charge in [0.15, 0.2) is 0 Å². The van der Waals surface area contributed by atoms with Gasteiger partial charge in [0.2, 0.25) is 0 Å². The summed E-state index contributed by atoms with van der Waals surface area (Å²) in [5.74, 6) is 0.873. The standard InChI is InChI=1S/C10H14O2/c1-8(11)2-3-9-4-5-10(6-9)7-12-10/h4-5,9H,2-3,6-7H2,1H3. The fraction of sp³-hybridized carbons (Fsp3) is 0.700. The Morgan fingerprint density at radius 3 is 3.00 bits per heavy atom. The van der Waals surface area contributed by atoms with Crippen molar-refractivity contribution in [3.05, 3.63) is 12.2 Å². The van der Waals surface area contributed by atoms with Gasteiger partial charge in [-0.05, 0) is 25.7 Å². The minimum Gasteiger partial charge on any atom is -0.365 e. The number of ketones is 1. The summed E-state index contributed by atoms with van der Waals surface area (Å²) in [6.45, 7) is 2.54. The van der Waals surface area contributed by atoms with Gasteiger partial charge in [-0.2, -0.15) is 0 Å². The molecule has 2 unspecified atom stereocenters. The van der Waals surface area contributed by atoms with Crippen molar-refractivity contribution in [1.29, 1.82) is 0 Å². The number of Topliss-reactive ketones (excluding diaryl/α,β-unsaturated/α-hetero) is 1. The van der Waals surface area contributed by atoms with Crippen LogP contribution in [0, 0.1) is 5.92 Å². The van der Waals surface area contributed by atoms with E-state index in [0.29, 0.717) is 18.1 Å². The van der Waals surface area contributed by atoms with E-state index in [1.807, 2.05) is 0 Å². The van der Waals surface area contributed by atoms with E-state index in [1.165, 1.54) is 0 Å². The predicted octanol–water partition coefficient (Wildman–Crippen LogP) is 1.70. The summed E-state index contributed by atoms with van der Waals surface area (Å²) in [6.07, 6.45) is 7.18. The highest BCUT2D eigenvalue weighted by atomic mass is 16.6. The summed E-state index contributed by atoms with van der Waals surface area (Å²) in [5.41, 5.74) is 0.113. The first-order chi connectivity index (χ1) is 5.70. The van der Waals surface area contributed by atoms with Crippen LogP contribution in [-0.2, 0) is 9.53 Å². The van der Waals surface area contributed by atoms with Crippen molar-refractivity contribution in [3.63, 3.8) is 0 Å². The van der Waals surface area contributed by atoms with Crippen LogP contribution in [0.3, 0.4) is 0 Å². The van der Waals surface area contributed by atoms with Gasteiger partial charge in [-0.3, -0.25) is 0 Å². The maximum absolute atomic E-state index is 10.7. The molecule has 1 heterocycles. The average Bonchev–Trinajstić information content (AvgIpc) is 2.60. The van der Waals surface area contributed by atoms with Crippen molar-refractivity contribution in [2.24, 2.45) is 5.92 Å². The van der Waals surface area contributed by atoms with Crippen LogP contribution in [-0.4, -0.2) is 18.0 Å². The molecule has 0 aromatic heterocycles. The zero-order valence-corrected chi connectivity index (χ0v) is 7.38. The summed E-state index contributed by atoms with van der Waals surface area (Å²) in [5, 5.41) is 0. The summed E-state index contributed by atoms with van der Waals surface area (Å²) in [6, 6.07) is 0. The van der Waals surface area contributed by atoms with Crippen LogP contribution < -0.4 is 0 Å². The molecule has 0 N–H and O–H groups in total. The molecule has 2 rings (SSSR count). The Balaban J connectivity index is 1.77. The molecule has 2 aliphatic rings. The van der Waals surface area contributed by atoms with Gasteiger partial charge in [-0.1, -0.05) is 12.2 Å². The topological polar surface area (TPSA) is 29.6 Å². The SMILES string of the molecule is CC(=O)CCC1C=CC2(CO2)C1. The maximum Gasteiger partial charge on any atom is 0.129 e. The third-order valence-corrected chi connectivity index (χ3v) is 2.66. The van der Waals surface area contributed by atoms with Crippen molar-refractivity contribution in [2.75, 3.05) is 6.61 Å². The monoisotopic (exact) mass is 166 g/mol. The van der Waals surface area contributed by atoms with Crippen LogP contribution in [0.4, 0.5) is 0 Å². The van der Waals surface area contributed by atoms with Crippen LogP contribution in [0.5, 0.6) is 0 Å². The van der Waals surface area contributed by atoms with Gasteiger partial charge in [0.05, 0.1) is 6.61 Å². The number of rotatable bonds is 3. The smallest absolute Gasteiger partial charge is 0.129 e. The number of hydrogen-bond donors (Lipinski definition) is 0. The molecule has 1 fully saturated rings. The minimum absolute atomic E-state index is 0.113. The third kappa shape index (κ3) is 1.58. The normalized spacial score (nSPS) is 37.6. The fourth-order valence-corrected chi connectivity index (χ4v) is 1.79. The number of carbonyl (C=O) groups is 1. The second-order valence-corrected chi connectivity index (χ2v) is 3.92. The number of ether oxygens (including phenoxy) is 1. The molecule has 1 aliphatic heterocycles. The van der Waals surface area contributed by atoms with E-state index in [-0.39, 0.29) is 5.60 Å². The number of hydrogen-bond acceptors (Lipinski definition) is 2. The van der Waals surface area contributed by atoms with Crippen molar-refractivity contribution in [1.82, 2.24) is 0 Å². The Bertz CT molecular complexity index is 226. The Morgan fingerprint density at radius 1 is 1.75 bits per heavy atom. The Hall–Kier alpha value is -0.630. The Labute approximate surface area is 72.6 Å². The predicted molar refractivity (Wildman–Crippen MR) is 45.8 cm³/mol. The van der Waals surface area contributed by atoms with Gasteiger partial charge < -0.3 is 9.53 Å². The average molecular weight is 166 g/mol. The van der Waals surface area contributed by atoms with Gasteiger partial charge in [0.1, 0.15) is 11.4 Å². The van der Waals surface area contributed by atoms with Crippen LogP contribution in [0.1, 0.15) is 26.2 Å². The van der Waals surface area contributed by atoms with E-state index >= 15 is 0 Å². The summed E-state index contributed by atoms with van der Waals surface area (Å²) in [7, 11) is 0. The molecule has 0 amide bonds. The third-order valence-electron chi connectivity index (χ3n) is 2.66. The van der Waals surface area contributed by atoms with Gasteiger partial charge >= 0.3 is 0 Å². The molecule has 12 heavy (non-hydrogen) atoms. The van der Waals surface area contributed by atoms with Crippen molar-refractivity contribution < 1.29 is 9.53 Å². The lowest BCUT2D eigenvalue weighted by Gasteiger charge is -2.06. The van der Waals surface area contributed by atoms with E-state index in [4.69, 9.17) is 4.74 Å². The van der Waals surface area contributed by atoms with Crippen LogP contribution in [0.2, 0.25) is 0 Å². The molecule has 0 aromatic rings. The molecule has 0 radical (unpaired) electrons. The van der Waals surface area contributed by atoms with E-state index in [2.05, 4.69) is 12.2 Å². The minimum atomic E-state index is 0.113. The number of allylic oxidation sites excluding steroid dienone is 1. The van der Waals surface area contributed by atoms with Gasteiger partial charge in [-0.15, -0.1) is 0 Å². The first kappa shape index (κ1) is 7.99. The number of epoxide rings is 1. The summed E-state index contributed by atoms with van der Waals surface area (Å²) in [4.78, 5) is 10.7. The molecule has 1 saturated heterocycles. The second-order valence-electron chi connectivity index (χ2n) is 3.92. The van der Waals surface area contributed by atoms with Gasteiger partial charge in [-0.25, -0.2) is 0 Å². The second kappa shape index (κ2) is 2.70. The van der Waals surface area contributed by atoms with E-state index < -0.39 is 0 Å². The largest absolute Gasteiger partial charge is 0.365 e. The first-order valence-electron chi connectivity index (χ1n) is 4.53. The molecule has 1 spiro atoms. The van der Waals surface area contributed by atoms with Gasteiger partial charge in [0, 0.05) is 6.42 Å². The van der Waals surface area contributed by atoms with Crippen molar-refractivity contribution in [3.8, 4) is 0 Å². The zero-order chi connectivity index (χ0) is 8.60. The fourth-order valence-electron chi connectivity index (χ4n) is 1.79. The molecule has 0 saturated carbocycles. The molecule has 1 aliphatic carbocycles. The molecular weight excluding hydrogens is 152 g/mol. The van der Waals surface area contributed by atoms with Crippen molar-refractivity contribution >= 4 is 5.78 Å². The van der Waals surface area contributed by atoms with E-state index in [9.17, 15) is 4.79 Å². The number of carbonyl (C=O) groups excluding carboxylic acids is 1. The molecule has 2 atom stereocenters. The molecular formula is C10H14O2. The highest BCUT2D eigenvalue weighted by Gasteiger charge is 2.46. The summed E-state index contributed by atoms with van der Waals surface area (Å²) >= 11 is 0. The lowest BCUT2D eigenvalue weighted by atomic mass is 9.98. The van der Waals surface area contributed by atoms with Crippen molar-refractivity contribution in [2.45, 2.75) is 31.8 Å².